The third-order valence-corrected chi connectivity index (χ3v) is 5.22. The van der Waals surface area contributed by atoms with Crippen molar-refractivity contribution in [3.05, 3.63) is 21.9 Å². The zero-order valence-corrected chi connectivity index (χ0v) is 12.4. The van der Waals surface area contributed by atoms with Gasteiger partial charge in [-0.3, -0.25) is 4.79 Å². The predicted molar refractivity (Wildman–Crippen MR) is 77.2 cm³/mol. The van der Waals surface area contributed by atoms with Gasteiger partial charge in [0, 0.05) is 30.7 Å². The molecule has 0 aromatic carbocycles. The fourth-order valence-corrected chi connectivity index (χ4v) is 3.50. The van der Waals surface area contributed by atoms with Gasteiger partial charge in [0.1, 0.15) is 0 Å². The van der Waals surface area contributed by atoms with Crippen molar-refractivity contribution < 1.29 is 9.53 Å². The van der Waals surface area contributed by atoms with E-state index in [1.807, 2.05) is 0 Å². The number of ether oxygens (including phenoxy) is 1. The van der Waals surface area contributed by atoms with Crippen LogP contribution in [0.2, 0.25) is 0 Å². The summed E-state index contributed by atoms with van der Waals surface area (Å²) in [6.07, 6.45) is 1.43. The fraction of sp³-hybridized carbons (Fsp3) is 0.643. The van der Waals surface area contributed by atoms with Crippen LogP contribution in [0.1, 0.15) is 36.2 Å². The van der Waals surface area contributed by atoms with Gasteiger partial charge in [0.15, 0.2) is 0 Å². The molecule has 0 saturated carbocycles. The Hall–Kier alpha value is -0.910. The Morgan fingerprint density at radius 2 is 2.26 bits per heavy atom. The van der Waals surface area contributed by atoms with Crippen LogP contribution in [0.3, 0.4) is 0 Å². The number of hydrogen-bond donors (Lipinski definition) is 2. The van der Waals surface area contributed by atoms with E-state index in [0.29, 0.717) is 32.6 Å². The second kappa shape index (κ2) is 6.03. The van der Waals surface area contributed by atoms with Crippen LogP contribution < -0.4 is 11.1 Å². The molecule has 4 nitrogen and oxygen atoms in total. The van der Waals surface area contributed by atoms with Crippen LogP contribution in [0.15, 0.2) is 11.4 Å². The summed E-state index contributed by atoms with van der Waals surface area (Å²) in [6.45, 7) is 6.12. The quantitative estimate of drug-likeness (QED) is 0.868. The highest BCUT2D eigenvalue weighted by atomic mass is 32.1. The van der Waals surface area contributed by atoms with Crippen LogP contribution in [0.5, 0.6) is 0 Å². The first-order valence-electron chi connectivity index (χ1n) is 6.70. The lowest BCUT2D eigenvalue weighted by Gasteiger charge is -2.35. The Morgan fingerprint density at radius 1 is 1.58 bits per heavy atom. The number of hydrogen-bond acceptors (Lipinski definition) is 4. The largest absolute Gasteiger partial charge is 0.381 e. The molecule has 106 valence electrons. The summed E-state index contributed by atoms with van der Waals surface area (Å²) in [5.74, 6) is -0.210. The fourth-order valence-electron chi connectivity index (χ4n) is 2.54. The average Bonchev–Trinajstić information content (AvgIpc) is 2.83. The van der Waals surface area contributed by atoms with Gasteiger partial charge in [0.2, 0.25) is 5.91 Å². The molecule has 0 radical (unpaired) electrons. The lowest BCUT2D eigenvalue weighted by atomic mass is 9.79. The molecule has 1 saturated heterocycles. The summed E-state index contributed by atoms with van der Waals surface area (Å²) < 4.78 is 5.34. The number of thiophene rings is 1. The van der Waals surface area contributed by atoms with E-state index in [1.54, 1.807) is 11.3 Å². The number of carbonyl (C=O) groups is 1. The molecule has 3 N–H and O–H groups in total. The first-order chi connectivity index (χ1) is 9.05. The highest BCUT2D eigenvalue weighted by Crippen LogP contribution is 2.31. The van der Waals surface area contributed by atoms with Crippen LogP contribution in [-0.2, 0) is 9.53 Å². The van der Waals surface area contributed by atoms with Crippen molar-refractivity contribution in [3.8, 4) is 0 Å². The molecule has 1 unspecified atom stereocenters. The number of nitrogens with two attached hydrogens (primary N) is 1. The maximum atomic E-state index is 11.8. The van der Waals surface area contributed by atoms with E-state index in [0.717, 1.165) is 0 Å². The molecular formula is C14H22N2O2S. The molecular weight excluding hydrogens is 260 g/mol. The molecule has 0 aliphatic carbocycles. The van der Waals surface area contributed by atoms with Crippen molar-refractivity contribution in [3.63, 3.8) is 0 Å². The van der Waals surface area contributed by atoms with Gasteiger partial charge >= 0.3 is 0 Å². The van der Waals surface area contributed by atoms with Crippen LogP contribution in [0.25, 0.3) is 0 Å². The van der Waals surface area contributed by atoms with Crippen molar-refractivity contribution >= 4 is 17.2 Å². The van der Waals surface area contributed by atoms with Crippen molar-refractivity contribution in [2.24, 2.45) is 11.1 Å². The summed E-state index contributed by atoms with van der Waals surface area (Å²) in [4.78, 5) is 13.1. The molecule has 1 aromatic heterocycles. The van der Waals surface area contributed by atoms with Gasteiger partial charge in [-0.1, -0.05) is 0 Å². The number of nitrogens with one attached hydrogen (secondary N) is 1. The third-order valence-electron chi connectivity index (χ3n) is 4.01. The van der Waals surface area contributed by atoms with E-state index in [4.69, 9.17) is 10.5 Å². The molecule has 2 rings (SSSR count). The van der Waals surface area contributed by atoms with Gasteiger partial charge < -0.3 is 15.8 Å². The molecule has 1 aliphatic heterocycles. The summed E-state index contributed by atoms with van der Waals surface area (Å²) in [7, 11) is 0. The number of rotatable bonds is 5. The molecule has 19 heavy (non-hydrogen) atoms. The molecule has 1 atom stereocenters. The van der Waals surface area contributed by atoms with Crippen molar-refractivity contribution in [2.75, 3.05) is 19.8 Å². The third kappa shape index (κ3) is 3.16. The van der Waals surface area contributed by atoms with E-state index in [-0.39, 0.29) is 11.9 Å². The van der Waals surface area contributed by atoms with Crippen molar-refractivity contribution in [1.82, 2.24) is 5.32 Å². The van der Waals surface area contributed by atoms with Gasteiger partial charge in [0.05, 0.1) is 5.41 Å². The maximum Gasteiger partial charge on any atom is 0.225 e. The van der Waals surface area contributed by atoms with Crippen LogP contribution in [0.4, 0.5) is 0 Å². The van der Waals surface area contributed by atoms with E-state index >= 15 is 0 Å². The summed E-state index contributed by atoms with van der Waals surface area (Å²) in [5.41, 5.74) is 6.45. The standard InChI is InChI=1S/C14H22N2O2S/c1-10-3-8-19-12(10)11(2)16-9-14(13(15)17)4-6-18-7-5-14/h3,8,11,16H,4-7,9H2,1-2H3,(H2,15,17). The molecule has 1 aliphatic rings. The van der Waals surface area contributed by atoms with Crippen LogP contribution in [-0.4, -0.2) is 25.7 Å². The molecule has 1 aromatic rings. The van der Waals surface area contributed by atoms with Crippen LogP contribution in [0, 0.1) is 12.3 Å². The number of amides is 1. The van der Waals surface area contributed by atoms with Gasteiger partial charge in [-0.15, -0.1) is 11.3 Å². The van der Waals surface area contributed by atoms with Gasteiger partial charge in [-0.05, 0) is 43.7 Å². The van der Waals surface area contributed by atoms with Gasteiger partial charge in [-0.2, -0.15) is 0 Å². The SMILES string of the molecule is Cc1ccsc1C(C)NCC1(C(N)=O)CCOCC1. The molecule has 0 spiro atoms. The van der Waals surface area contributed by atoms with E-state index < -0.39 is 5.41 Å². The average molecular weight is 282 g/mol. The molecule has 1 fully saturated rings. The van der Waals surface area contributed by atoms with Crippen molar-refractivity contribution in [1.29, 1.82) is 0 Å². The smallest absolute Gasteiger partial charge is 0.225 e. The lowest BCUT2D eigenvalue weighted by Crippen LogP contribution is -2.48. The van der Waals surface area contributed by atoms with E-state index in [1.165, 1.54) is 10.4 Å². The first kappa shape index (κ1) is 14.5. The number of primary amides is 1. The van der Waals surface area contributed by atoms with Crippen LogP contribution >= 0.6 is 11.3 Å². The minimum atomic E-state index is -0.447. The Labute approximate surface area is 118 Å². The van der Waals surface area contributed by atoms with Crippen molar-refractivity contribution in [2.45, 2.75) is 32.7 Å². The summed E-state index contributed by atoms with van der Waals surface area (Å²) in [6, 6.07) is 2.37. The van der Waals surface area contributed by atoms with E-state index in [2.05, 4.69) is 30.6 Å². The Kier molecular flexibility index (Phi) is 4.60. The topological polar surface area (TPSA) is 64.3 Å². The lowest BCUT2D eigenvalue weighted by molar-refractivity contribution is -0.133. The monoisotopic (exact) mass is 282 g/mol. The second-order valence-electron chi connectivity index (χ2n) is 5.33. The number of aryl methyl sites for hydroxylation is 1. The Bertz CT molecular complexity index is 438. The van der Waals surface area contributed by atoms with Gasteiger partial charge in [0.25, 0.3) is 0 Å². The number of carbonyl (C=O) groups excluding carboxylic acids is 1. The first-order valence-corrected chi connectivity index (χ1v) is 7.58. The Morgan fingerprint density at radius 3 is 2.79 bits per heavy atom. The predicted octanol–water partition coefficient (Wildman–Crippen LogP) is 1.99. The summed E-state index contributed by atoms with van der Waals surface area (Å²) in [5, 5.41) is 5.57. The van der Waals surface area contributed by atoms with E-state index in [9.17, 15) is 4.79 Å². The molecule has 0 bridgehead atoms. The maximum absolute atomic E-state index is 11.8. The van der Waals surface area contributed by atoms with Gasteiger partial charge in [-0.25, -0.2) is 0 Å². The molecule has 1 amide bonds. The zero-order chi connectivity index (χ0) is 13.9. The zero-order valence-electron chi connectivity index (χ0n) is 11.6. The Balaban J connectivity index is 1.99. The normalized spacial score (nSPS) is 20.1. The highest BCUT2D eigenvalue weighted by Gasteiger charge is 2.38. The molecule has 2 heterocycles. The minimum Gasteiger partial charge on any atom is -0.381 e. The highest BCUT2D eigenvalue weighted by molar-refractivity contribution is 7.10. The minimum absolute atomic E-state index is 0.210. The summed E-state index contributed by atoms with van der Waals surface area (Å²) >= 11 is 1.75. The molecule has 5 heteroatoms. The second-order valence-corrected chi connectivity index (χ2v) is 6.28.